The Balaban J connectivity index is 1.76. The Labute approximate surface area is 117 Å². The van der Waals surface area contributed by atoms with E-state index in [1.807, 2.05) is 0 Å². The van der Waals surface area contributed by atoms with E-state index in [-0.39, 0.29) is 6.42 Å². The van der Waals surface area contributed by atoms with Gasteiger partial charge >= 0.3 is 6.04 Å². The van der Waals surface area contributed by atoms with Crippen molar-refractivity contribution in [2.75, 3.05) is 0 Å². The van der Waals surface area contributed by atoms with Gasteiger partial charge in [0, 0.05) is 6.42 Å². The maximum absolute atomic E-state index is 12.4. The summed E-state index contributed by atoms with van der Waals surface area (Å²) in [6, 6.07) is -1.11. The molecule has 0 spiro atoms. The number of carbonyl (C=O) groups excluding carboxylic acids is 1. The number of hydrogen-bond acceptors (Lipinski definition) is 1. The average molecular weight is 268 g/mol. The summed E-state index contributed by atoms with van der Waals surface area (Å²) < 4.78 is 12.4. The Bertz CT molecular complexity index is 308. The van der Waals surface area contributed by atoms with Crippen LogP contribution < -0.4 is 0 Å². The molecular formula is C17H29FO. The van der Waals surface area contributed by atoms with Crippen molar-refractivity contribution in [1.82, 2.24) is 0 Å². The second kappa shape index (κ2) is 6.37. The van der Waals surface area contributed by atoms with Gasteiger partial charge in [-0.25, -0.2) is 0 Å². The molecule has 2 aliphatic carbocycles. The van der Waals surface area contributed by atoms with Gasteiger partial charge in [-0.1, -0.05) is 33.1 Å². The quantitative estimate of drug-likeness (QED) is 0.598. The second-order valence-electron chi connectivity index (χ2n) is 7.16. The van der Waals surface area contributed by atoms with Crippen LogP contribution in [0.25, 0.3) is 0 Å². The summed E-state index contributed by atoms with van der Waals surface area (Å²) in [7, 11) is 0. The Morgan fingerprint density at radius 1 is 1.11 bits per heavy atom. The maximum Gasteiger partial charge on any atom is 0.301 e. The molecule has 3 unspecified atom stereocenters. The standard InChI is InChI=1S/C17H29FO/c1-3-17(4-2)8-7-15(12-17)10-13-5-6-14(9-13)11-16(18)19/h13-15H,3-12H2,1-2H3. The van der Waals surface area contributed by atoms with Crippen molar-refractivity contribution in [2.24, 2.45) is 23.2 Å². The molecule has 3 atom stereocenters. The zero-order valence-corrected chi connectivity index (χ0v) is 12.6. The first-order chi connectivity index (χ1) is 9.07. The van der Waals surface area contributed by atoms with Gasteiger partial charge in [0.15, 0.2) is 0 Å². The fourth-order valence-corrected chi connectivity index (χ4v) is 4.70. The Morgan fingerprint density at radius 2 is 1.79 bits per heavy atom. The Hall–Kier alpha value is -0.400. The highest BCUT2D eigenvalue weighted by atomic mass is 19.1. The normalized spacial score (nSPS) is 33.7. The van der Waals surface area contributed by atoms with Crippen LogP contribution in [-0.4, -0.2) is 6.04 Å². The monoisotopic (exact) mass is 268 g/mol. The van der Waals surface area contributed by atoms with Gasteiger partial charge in [-0.3, -0.25) is 4.79 Å². The van der Waals surface area contributed by atoms with Crippen LogP contribution in [0.1, 0.15) is 78.1 Å². The van der Waals surface area contributed by atoms with Crippen LogP contribution in [0.5, 0.6) is 0 Å². The summed E-state index contributed by atoms with van der Waals surface area (Å²) in [5.74, 6) is 2.00. The van der Waals surface area contributed by atoms with E-state index in [4.69, 9.17) is 0 Å². The van der Waals surface area contributed by atoms with Crippen molar-refractivity contribution in [3.05, 3.63) is 0 Å². The average Bonchev–Trinajstić information content (AvgIpc) is 2.97. The van der Waals surface area contributed by atoms with Gasteiger partial charge in [-0.2, -0.15) is 4.39 Å². The molecule has 2 heteroatoms. The maximum atomic E-state index is 12.4. The zero-order chi connectivity index (χ0) is 13.9. The highest BCUT2D eigenvalue weighted by molar-refractivity contribution is 5.68. The van der Waals surface area contributed by atoms with Gasteiger partial charge < -0.3 is 0 Å². The van der Waals surface area contributed by atoms with E-state index in [1.165, 1.54) is 44.9 Å². The molecule has 0 aromatic heterocycles. The van der Waals surface area contributed by atoms with Gasteiger partial charge in [-0.05, 0) is 61.7 Å². The van der Waals surface area contributed by atoms with E-state index < -0.39 is 6.04 Å². The van der Waals surface area contributed by atoms with Gasteiger partial charge in [0.1, 0.15) is 0 Å². The zero-order valence-electron chi connectivity index (χ0n) is 12.6. The molecule has 0 aromatic carbocycles. The van der Waals surface area contributed by atoms with E-state index >= 15 is 0 Å². The minimum Gasteiger partial charge on any atom is -0.261 e. The third kappa shape index (κ3) is 3.79. The fraction of sp³-hybridized carbons (Fsp3) is 0.941. The van der Waals surface area contributed by atoms with Crippen LogP contribution in [0.15, 0.2) is 0 Å². The Morgan fingerprint density at radius 3 is 2.37 bits per heavy atom. The first-order valence-electron chi connectivity index (χ1n) is 8.25. The molecule has 0 saturated heterocycles. The van der Waals surface area contributed by atoms with Crippen LogP contribution in [-0.2, 0) is 4.79 Å². The van der Waals surface area contributed by atoms with Crippen LogP contribution >= 0.6 is 0 Å². The van der Waals surface area contributed by atoms with Crippen LogP contribution in [0, 0.1) is 23.2 Å². The molecule has 2 saturated carbocycles. The second-order valence-corrected chi connectivity index (χ2v) is 7.16. The molecule has 0 heterocycles. The molecule has 19 heavy (non-hydrogen) atoms. The third-order valence-electron chi connectivity index (χ3n) is 6.07. The smallest absolute Gasteiger partial charge is 0.261 e. The highest BCUT2D eigenvalue weighted by Crippen LogP contribution is 2.50. The van der Waals surface area contributed by atoms with Crippen molar-refractivity contribution in [3.63, 3.8) is 0 Å². The molecule has 0 aromatic rings. The van der Waals surface area contributed by atoms with Crippen molar-refractivity contribution in [3.8, 4) is 0 Å². The summed E-state index contributed by atoms with van der Waals surface area (Å²) in [5, 5.41) is 0. The Kier molecular flexibility index (Phi) is 5.03. The van der Waals surface area contributed by atoms with Crippen LogP contribution in [0.3, 0.4) is 0 Å². The molecule has 2 fully saturated rings. The number of halogens is 1. The highest BCUT2D eigenvalue weighted by Gasteiger charge is 2.38. The summed E-state index contributed by atoms with van der Waals surface area (Å²) in [5.41, 5.74) is 0.623. The number of rotatable bonds is 6. The van der Waals surface area contributed by atoms with Gasteiger partial charge in [-0.15, -0.1) is 0 Å². The van der Waals surface area contributed by atoms with Crippen molar-refractivity contribution in [2.45, 2.75) is 78.1 Å². The van der Waals surface area contributed by atoms with E-state index in [2.05, 4.69) is 13.8 Å². The van der Waals surface area contributed by atoms with Crippen LogP contribution in [0.4, 0.5) is 4.39 Å². The lowest BCUT2D eigenvalue weighted by atomic mass is 9.79. The van der Waals surface area contributed by atoms with Crippen molar-refractivity contribution in [1.29, 1.82) is 0 Å². The van der Waals surface area contributed by atoms with E-state index in [1.54, 1.807) is 0 Å². The van der Waals surface area contributed by atoms with Gasteiger partial charge in [0.25, 0.3) is 0 Å². The molecule has 0 bridgehead atoms. The third-order valence-corrected chi connectivity index (χ3v) is 6.07. The molecule has 0 N–H and O–H groups in total. The molecule has 110 valence electrons. The summed E-state index contributed by atoms with van der Waals surface area (Å²) in [6.07, 6.45) is 11.7. The number of hydrogen-bond donors (Lipinski definition) is 0. The summed E-state index contributed by atoms with van der Waals surface area (Å²) >= 11 is 0. The summed E-state index contributed by atoms with van der Waals surface area (Å²) in [6.45, 7) is 4.68. The SMILES string of the molecule is CCC1(CC)CCC(CC2CCC(CC(=O)F)C2)C1. The first kappa shape index (κ1) is 15.0. The predicted octanol–water partition coefficient (Wildman–Crippen LogP) is 5.29. The molecule has 2 rings (SSSR count). The molecule has 0 amide bonds. The van der Waals surface area contributed by atoms with Gasteiger partial charge in [0.2, 0.25) is 0 Å². The lowest BCUT2D eigenvalue weighted by Crippen LogP contribution is -2.15. The van der Waals surface area contributed by atoms with Crippen molar-refractivity contribution < 1.29 is 9.18 Å². The fourth-order valence-electron chi connectivity index (χ4n) is 4.70. The van der Waals surface area contributed by atoms with E-state index in [0.29, 0.717) is 11.3 Å². The topological polar surface area (TPSA) is 17.1 Å². The lowest BCUT2D eigenvalue weighted by Gasteiger charge is -2.26. The van der Waals surface area contributed by atoms with Crippen LogP contribution in [0.2, 0.25) is 0 Å². The lowest BCUT2D eigenvalue weighted by molar-refractivity contribution is -0.130. The first-order valence-corrected chi connectivity index (χ1v) is 8.25. The molecule has 0 aliphatic heterocycles. The largest absolute Gasteiger partial charge is 0.301 e. The molecular weight excluding hydrogens is 239 g/mol. The van der Waals surface area contributed by atoms with E-state index in [9.17, 15) is 9.18 Å². The van der Waals surface area contributed by atoms with Crippen molar-refractivity contribution >= 4 is 6.04 Å². The predicted molar refractivity (Wildman–Crippen MR) is 76.5 cm³/mol. The minimum atomic E-state index is -1.11. The number of carbonyl (C=O) groups is 1. The molecule has 1 nitrogen and oxygen atoms in total. The minimum absolute atomic E-state index is 0.176. The molecule has 0 radical (unpaired) electrons. The molecule has 2 aliphatic rings. The van der Waals surface area contributed by atoms with E-state index in [0.717, 1.165) is 24.7 Å². The summed E-state index contributed by atoms with van der Waals surface area (Å²) in [4.78, 5) is 10.5. The van der Waals surface area contributed by atoms with Gasteiger partial charge in [0.05, 0.1) is 0 Å².